The molecule has 0 radical (unpaired) electrons. The fourth-order valence-corrected chi connectivity index (χ4v) is 1.02. The van der Waals surface area contributed by atoms with Gasteiger partial charge in [0.1, 0.15) is 0 Å². The van der Waals surface area contributed by atoms with Crippen molar-refractivity contribution in [1.82, 2.24) is 9.97 Å². The largest absolute Gasteiger partial charge is 0.478 e. The van der Waals surface area contributed by atoms with Crippen LogP contribution in [0.2, 0.25) is 0 Å². The van der Waals surface area contributed by atoms with Gasteiger partial charge in [-0.25, -0.2) is 4.98 Å². The van der Waals surface area contributed by atoms with Gasteiger partial charge in [0.05, 0.1) is 13.2 Å². The van der Waals surface area contributed by atoms with Crippen LogP contribution < -0.4 is 10.1 Å². The van der Waals surface area contributed by atoms with Gasteiger partial charge in [-0.15, -0.1) is 0 Å². The molecule has 0 saturated heterocycles. The van der Waals surface area contributed by atoms with Crippen LogP contribution in [0.5, 0.6) is 5.88 Å². The quantitative estimate of drug-likeness (QED) is 0.817. The van der Waals surface area contributed by atoms with Crippen LogP contribution in [0.4, 0.5) is 19.1 Å². The van der Waals surface area contributed by atoms with Crippen molar-refractivity contribution < 1.29 is 23.0 Å². The summed E-state index contributed by atoms with van der Waals surface area (Å²) in [6.07, 6.45) is -4.97. The lowest BCUT2D eigenvalue weighted by Crippen LogP contribution is -2.35. The van der Waals surface area contributed by atoms with E-state index in [0.717, 1.165) is 6.42 Å². The highest BCUT2D eigenvalue weighted by Gasteiger charge is 2.37. The number of ether oxygens (including phenoxy) is 1. The third-order valence-corrected chi connectivity index (χ3v) is 1.92. The second kappa shape index (κ2) is 6.39. The first-order valence-electron chi connectivity index (χ1n) is 5.38. The second-order valence-electron chi connectivity index (χ2n) is 3.51. The van der Waals surface area contributed by atoms with E-state index in [1.54, 1.807) is 0 Å². The van der Waals surface area contributed by atoms with Gasteiger partial charge < -0.3 is 15.2 Å². The van der Waals surface area contributed by atoms with Crippen LogP contribution in [-0.2, 0) is 0 Å². The van der Waals surface area contributed by atoms with Crippen LogP contribution in [-0.4, -0.2) is 40.5 Å². The molecule has 5 nitrogen and oxygen atoms in total. The lowest BCUT2D eigenvalue weighted by atomic mass is 10.3. The van der Waals surface area contributed by atoms with Crippen molar-refractivity contribution in [1.29, 1.82) is 0 Å². The molecule has 0 spiro atoms. The maximum Gasteiger partial charge on any atom is 0.416 e. The molecule has 1 rings (SSSR count). The Labute approximate surface area is 102 Å². The number of rotatable bonds is 6. The van der Waals surface area contributed by atoms with Crippen molar-refractivity contribution in [2.45, 2.75) is 25.6 Å². The van der Waals surface area contributed by atoms with Crippen LogP contribution in [0.25, 0.3) is 0 Å². The van der Waals surface area contributed by atoms with Gasteiger partial charge in [0, 0.05) is 12.3 Å². The Bertz CT molecular complexity index is 374. The Morgan fingerprint density at radius 1 is 1.50 bits per heavy atom. The van der Waals surface area contributed by atoms with Crippen molar-refractivity contribution in [3.63, 3.8) is 0 Å². The summed E-state index contributed by atoms with van der Waals surface area (Å²) in [6, 6.07) is 1.50. The van der Waals surface area contributed by atoms with E-state index < -0.39 is 18.8 Å². The van der Waals surface area contributed by atoms with Crippen LogP contribution in [0, 0.1) is 0 Å². The normalized spacial score (nSPS) is 13.2. The molecule has 1 heterocycles. The molecule has 1 atom stereocenters. The third-order valence-electron chi connectivity index (χ3n) is 1.92. The Balaban J connectivity index is 2.52. The highest BCUT2D eigenvalue weighted by molar-refractivity contribution is 5.27. The number of aliphatic hydroxyl groups excluding tert-OH is 1. The Morgan fingerprint density at radius 3 is 2.83 bits per heavy atom. The second-order valence-corrected chi connectivity index (χ2v) is 3.51. The summed E-state index contributed by atoms with van der Waals surface area (Å²) in [5.74, 6) is 0.253. The Kier molecular flexibility index (Phi) is 5.14. The molecule has 0 saturated carbocycles. The smallest absolute Gasteiger partial charge is 0.416 e. The number of hydrogen-bond donors (Lipinski definition) is 2. The number of alkyl halides is 3. The van der Waals surface area contributed by atoms with Crippen LogP contribution in [0.3, 0.4) is 0 Å². The molecule has 0 bridgehead atoms. The van der Waals surface area contributed by atoms with Gasteiger partial charge in [0.25, 0.3) is 0 Å². The average molecular weight is 265 g/mol. The molecule has 1 aromatic heterocycles. The maximum atomic E-state index is 12.0. The molecule has 102 valence electrons. The fraction of sp³-hybridized carbons (Fsp3) is 0.600. The van der Waals surface area contributed by atoms with E-state index in [1.807, 2.05) is 6.92 Å². The summed E-state index contributed by atoms with van der Waals surface area (Å²) in [7, 11) is 0. The predicted octanol–water partition coefficient (Wildman–Crippen LogP) is 1.60. The van der Waals surface area contributed by atoms with Crippen LogP contribution in [0.1, 0.15) is 13.3 Å². The number of nitrogens with zero attached hydrogens (tertiary/aromatic N) is 2. The number of aromatic nitrogens is 2. The molecule has 8 heteroatoms. The predicted molar refractivity (Wildman–Crippen MR) is 58.4 cm³/mol. The number of anilines is 1. The molecule has 0 aliphatic rings. The first-order chi connectivity index (χ1) is 8.43. The molecule has 0 aliphatic heterocycles. The van der Waals surface area contributed by atoms with E-state index in [4.69, 9.17) is 9.84 Å². The van der Waals surface area contributed by atoms with Gasteiger partial charge in [-0.2, -0.15) is 18.2 Å². The average Bonchev–Trinajstić information content (AvgIpc) is 2.32. The molecule has 2 N–H and O–H groups in total. The summed E-state index contributed by atoms with van der Waals surface area (Å²) in [6.45, 7) is 1.67. The Morgan fingerprint density at radius 2 is 2.22 bits per heavy atom. The van der Waals surface area contributed by atoms with E-state index >= 15 is 0 Å². The maximum absolute atomic E-state index is 12.0. The Hall–Kier alpha value is -1.57. The topological polar surface area (TPSA) is 67.3 Å². The lowest BCUT2D eigenvalue weighted by Gasteiger charge is -2.15. The molecule has 0 fully saturated rings. The SMILES string of the molecule is CCCOc1ccnc(NCC(O)C(F)(F)F)n1. The first-order valence-corrected chi connectivity index (χ1v) is 5.38. The zero-order chi connectivity index (χ0) is 13.6. The van der Waals surface area contributed by atoms with Crippen molar-refractivity contribution in [3.05, 3.63) is 12.3 Å². The highest BCUT2D eigenvalue weighted by Crippen LogP contribution is 2.20. The summed E-state index contributed by atoms with van der Waals surface area (Å²) < 4.78 is 41.3. The van der Waals surface area contributed by atoms with E-state index in [-0.39, 0.29) is 11.8 Å². The first kappa shape index (κ1) is 14.5. The van der Waals surface area contributed by atoms with Crippen molar-refractivity contribution in [2.24, 2.45) is 0 Å². The van der Waals surface area contributed by atoms with Crippen LogP contribution in [0.15, 0.2) is 12.3 Å². The summed E-state index contributed by atoms with van der Waals surface area (Å²) in [5, 5.41) is 11.1. The van der Waals surface area contributed by atoms with Gasteiger partial charge in [-0.1, -0.05) is 6.92 Å². The van der Waals surface area contributed by atoms with Gasteiger partial charge in [-0.05, 0) is 6.42 Å². The van der Waals surface area contributed by atoms with E-state index in [0.29, 0.717) is 6.61 Å². The van der Waals surface area contributed by atoms with Crippen molar-refractivity contribution in [3.8, 4) is 5.88 Å². The van der Waals surface area contributed by atoms with Gasteiger partial charge in [0.2, 0.25) is 11.8 Å². The minimum absolute atomic E-state index is 0.0214. The molecular formula is C10H14F3N3O2. The van der Waals surface area contributed by atoms with Crippen molar-refractivity contribution in [2.75, 3.05) is 18.5 Å². The fourth-order valence-electron chi connectivity index (χ4n) is 1.02. The van der Waals surface area contributed by atoms with Crippen LogP contribution >= 0.6 is 0 Å². The molecule has 0 aliphatic carbocycles. The van der Waals surface area contributed by atoms with E-state index in [1.165, 1.54) is 12.3 Å². The molecule has 0 aromatic carbocycles. The number of aliphatic hydroxyl groups is 1. The standard InChI is InChI=1S/C10H14F3N3O2/c1-2-5-18-8-3-4-14-9(16-8)15-6-7(17)10(11,12)13/h3-4,7,17H,2,5-6H2,1H3,(H,14,15,16). The number of hydrogen-bond acceptors (Lipinski definition) is 5. The summed E-state index contributed by atoms with van der Waals surface area (Å²) in [5.41, 5.74) is 0. The molecule has 1 aromatic rings. The van der Waals surface area contributed by atoms with Gasteiger partial charge in [0.15, 0.2) is 6.10 Å². The number of nitrogens with one attached hydrogen (secondary N) is 1. The van der Waals surface area contributed by atoms with Gasteiger partial charge >= 0.3 is 6.18 Å². The minimum Gasteiger partial charge on any atom is -0.478 e. The zero-order valence-electron chi connectivity index (χ0n) is 9.74. The summed E-state index contributed by atoms with van der Waals surface area (Å²) >= 11 is 0. The molecule has 1 unspecified atom stereocenters. The van der Waals surface area contributed by atoms with Crippen molar-refractivity contribution >= 4 is 5.95 Å². The summed E-state index contributed by atoms with van der Waals surface area (Å²) in [4.78, 5) is 7.56. The zero-order valence-corrected chi connectivity index (χ0v) is 9.74. The number of halogens is 3. The molecule has 0 amide bonds. The molecular weight excluding hydrogens is 251 g/mol. The van der Waals surface area contributed by atoms with E-state index in [2.05, 4.69) is 15.3 Å². The minimum atomic E-state index is -4.66. The lowest BCUT2D eigenvalue weighted by molar-refractivity contribution is -0.198. The third kappa shape index (κ3) is 4.74. The van der Waals surface area contributed by atoms with E-state index in [9.17, 15) is 13.2 Å². The highest BCUT2D eigenvalue weighted by atomic mass is 19.4. The van der Waals surface area contributed by atoms with Gasteiger partial charge in [-0.3, -0.25) is 0 Å². The molecule has 18 heavy (non-hydrogen) atoms. The monoisotopic (exact) mass is 265 g/mol.